The second-order valence-corrected chi connectivity index (χ2v) is 7.39. The van der Waals surface area contributed by atoms with Crippen LogP contribution in [0, 0.1) is 0 Å². The van der Waals surface area contributed by atoms with E-state index in [9.17, 15) is 19.5 Å². The molecule has 2 unspecified atom stereocenters. The number of carbonyl (C=O) groups excluding carboxylic acids is 3. The molecule has 8 nitrogen and oxygen atoms in total. The molecule has 2 rings (SSSR count). The highest BCUT2D eigenvalue weighted by molar-refractivity contribution is 6.01. The van der Waals surface area contributed by atoms with Crippen LogP contribution in [0.15, 0.2) is 36.4 Å². The molecule has 1 aromatic rings. The highest BCUT2D eigenvalue weighted by Crippen LogP contribution is 2.24. The molecule has 8 heteroatoms. The van der Waals surface area contributed by atoms with Gasteiger partial charge in [-0.25, -0.2) is 0 Å². The van der Waals surface area contributed by atoms with Crippen molar-refractivity contribution in [2.45, 2.75) is 50.9 Å². The van der Waals surface area contributed by atoms with Gasteiger partial charge in [-0.3, -0.25) is 14.4 Å². The summed E-state index contributed by atoms with van der Waals surface area (Å²) in [5.41, 5.74) is 7.76. The van der Waals surface area contributed by atoms with E-state index in [4.69, 9.17) is 5.73 Å². The van der Waals surface area contributed by atoms with Crippen molar-refractivity contribution in [1.29, 1.82) is 0 Å². The molecule has 0 fully saturated rings. The molecule has 2 amide bonds. The Kier molecular flexibility index (Phi) is 8.07. The molecular formula is C21H30N4O4. The largest absolute Gasteiger partial charge is 0.391 e. The number of aliphatic hydroxyl groups excluding tert-OH is 1. The predicted octanol–water partition coefficient (Wildman–Crippen LogP) is -0.282. The summed E-state index contributed by atoms with van der Waals surface area (Å²) in [5.74, 6) is -1.82. The molecule has 158 valence electrons. The number of rotatable bonds is 9. The Balaban J connectivity index is 2.13. The lowest BCUT2D eigenvalue weighted by Gasteiger charge is -2.29. The van der Waals surface area contributed by atoms with Gasteiger partial charge in [0.25, 0.3) is 0 Å². The van der Waals surface area contributed by atoms with Crippen LogP contribution in [0.25, 0.3) is 0 Å². The van der Waals surface area contributed by atoms with Crippen LogP contribution in [0.4, 0.5) is 0 Å². The number of hydrogen-bond acceptors (Lipinski definition) is 6. The molecule has 0 saturated carbocycles. The van der Waals surface area contributed by atoms with E-state index in [1.165, 1.54) is 6.92 Å². The van der Waals surface area contributed by atoms with E-state index in [0.29, 0.717) is 18.7 Å². The Morgan fingerprint density at radius 3 is 2.62 bits per heavy atom. The number of amides is 2. The predicted molar refractivity (Wildman–Crippen MR) is 110 cm³/mol. The third-order valence-electron chi connectivity index (χ3n) is 4.98. The van der Waals surface area contributed by atoms with Crippen LogP contribution in [0.1, 0.15) is 37.3 Å². The summed E-state index contributed by atoms with van der Waals surface area (Å²) in [6, 6.07) is 5.56. The van der Waals surface area contributed by atoms with E-state index in [-0.39, 0.29) is 24.7 Å². The fourth-order valence-electron chi connectivity index (χ4n) is 3.38. The summed E-state index contributed by atoms with van der Waals surface area (Å²) in [6.45, 7) is 7.87. The number of aliphatic hydroxyl groups is 1. The van der Waals surface area contributed by atoms with Crippen molar-refractivity contribution >= 4 is 17.6 Å². The summed E-state index contributed by atoms with van der Waals surface area (Å²) in [4.78, 5) is 37.9. The van der Waals surface area contributed by atoms with Gasteiger partial charge < -0.3 is 26.8 Å². The lowest BCUT2D eigenvalue weighted by Crippen LogP contribution is -2.57. The Bertz CT molecular complexity index is 778. The molecule has 0 spiro atoms. The third kappa shape index (κ3) is 5.72. The zero-order valence-electron chi connectivity index (χ0n) is 16.9. The number of Topliss-reactive ketones (excluding diaryl/α,β-unsaturated/α-hetero) is 1. The fraction of sp³-hybridized carbons (Fsp3) is 0.476. The topological polar surface area (TPSA) is 134 Å². The summed E-state index contributed by atoms with van der Waals surface area (Å²) >= 11 is 0. The van der Waals surface area contributed by atoms with Crippen molar-refractivity contribution in [2.75, 3.05) is 13.1 Å². The lowest BCUT2D eigenvalue weighted by molar-refractivity contribution is -0.133. The molecule has 0 aliphatic carbocycles. The lowest BCUT2D eigenvalue weighted by atomic mass is 9.90. The Hall–Kier alpha value is -2.55. The summed E-state index contributed by atoms with van der Waals surface area (Å²) < 4.78 is 0. The van der Waals surface area contributed by atoms with Gasteiger partial charge in [0.15, 0.2) is 5.78 Å². The number of benzene rings is 1. The van der Waals surface area contributed by atoms with Crippen molar-refractivity contribution in [1.82, 2.24) is 16.0 Å². The Morgan fingerprint density at radius 2 is 2.00 bits per heavy atom. The Labute approximate surface area is 170 Å². The molecule has 1 heterocycles. The molecule has 0 aromatic heterocycles. The highest BCUT2D eigenvalue weighted by atomic mass is 16.3. The van der Waals surface area contributed by atoms with Crippen LogP contribution in [0.3, 0.4) is 0 Å². The maximum atomic E-state index is 12.9. The first kappa shape index (κ1) is 22.7. The molecule has 29 heavy (non-hydrogen) atoms. The zero-order valence-corrected chi connectivity index (χ0v) is 16.9. The molecule has 1 aromatic carbocycles. The second kappa shape index (κ2) is 10.3. The third-order valence-corrected chi connectivity index (χ3v) is 4.98. The minimum atomic E-state index is -1.20. The number of fused-ring (bicyclic) bond motifs is 1. The van der Waals surface area contributed by atoms with Gasteiger partial charge in [0.05, 0.1) is 18.1 Å². The maximum absolute atomic E-state index is 12.9. The van der Waals surface area contributed by atoms with Crippen molar-refractivity contribution < 1.29 is 19.5 Å². The molecule has 0 radical (unpaired) electrons. The molecular weight excluding hydrogens is 372 g/mol. The van der Waals surface area contributed by atoms with Gasteiger partial charge in [-0.15, -0.1) is 0 Å². The van der Waals surface area contributed by atoms with Crippen molar-refractivity contribution in [2.24, 2.45) is 5.73 Å². The average molecular weight is 402 g/mol. The number of nitrogens with one attached hydrogen (secondary N) is 3. The van der Waals surface area contributed by atoms with Crippen LogP contribution >= 0.6 is 0 Å². The first-order chi connectivity index (χ1) is 13.8. The SMILES string of the molecule is C=C(C)C(=O)[C@H](CCN)NC(=O)[C@@H](NC(=O)C1CNCc2ccccc21)C(C)O. The number of carbonyl (C=O) groups is 3. The maximum Gasteiger partial charge on any atom is 0.245 e. The highest BCUT2D eigenvalue weighted by Gasteiger charge is 2.33. The quantitative estimate of drug-likeness (QED) is 0.361. The van der Waals surface area contributed by atoms with E-state index >= 15 is 0 Å². The molecule has 6 N–H and O–H groups in total. The number of ketones is 1. The molecule has 0 bridgehead atoms. The normalized spacial score (nSPS) is 18.7. The Morgan fingerprint density at radius 1 is 1.31 bits per heavy atom. The fourth-order valence-corrected chi connectivity index (χ4v) is 3.38. The number of nitrogens with two attached hydrogens (primary N) is 1. The minimum absolute atomic E-state index is 0.195. The summed E-state index contributed by atoms with van der Waals surface area (Å²) in [5, 5.41) is 18.5. The van der Waals surface area contributed by atoms with E-state index in [1.54, 1.807) is 6.92 Å². The van der Waals surface area contributed by atoms with Gasteiger partial charge in [-0.1, -0.05) is 30.8 Å². The first-order valence-corrected chi connectivity index (χ1v) is 9.73. The van der Waals surface area contributed by atoms with Crippen LogP contribution < -0.4 is 21.7 Å². The summed E-state index contributed by atoms with van der Waals surface area (Å²) in [7, 11) is 0. The van der Waals surface area contributed by atoms with Crippen LogP contribution in [-0.2, 0) is 20.9 Å². The molecule has 1 aliphatic heterocycles. The molecule has 0 saturated heterocycles. The van der Waals surface area contributed by atoms with Gasteiger partial charge in [-0.2, -0.15) is 0 Å². The van der Waals surface area contributed by atoms with Gasteiger partial charge in [0.2, 0.25) is 11.8 Å². The smallest absolute Gasteiger partial charge is 0.245 e. The standard InChI is InChI=1S/C21H30N4O4/c1-12(2)19(27)17(8-9-22)24-21(29)18(13(3)26)25-20(28)16-11-23-10-14-6-4-5-7-15(14)16/h4-7,13,16-18,23,26H,1,8-11,22H2,2-3H3,(H,24,29)(H,25,28)/t13?,16?,17-,18-/m0/s1. The van der Waals surface area contributed by atoms with Gasteiger partial charge in [0.1, 0.15) is 6.04 Å². The average Bonchev–Trinajstić information content (AvgIpc) is 2.70. The van der Waals surface area contributed by atoms with Crippen LogP contribution in [0.2, 0.25) is 0 Å². The monoisotopic (exact) mass is 402 g/mol. The van der Waals surface area contributed by atoms with Crippen molar-refractivity contribution in [3.05, 3.63) is 47.5 Å². The zero-order chi connectivity index (χ0) is 21.6. The van der Waals surface area contributed by atoms with Gasteiger partial charge in [-0.05, 0) is 43.5 Å². The van der Waals surface area contributed by atoms with E-state index in [0.717, 1.165) is 11.1 Å². The minimum Gasteiger partial charge on any atom is -0.391 e. The van der Waals surface area contributed by atoms with Gasteiger partial charge >= 0.3 is 0 Å². The molecule has 4 atom stereocenters. The van der Waals surface area contributed by atoms with Gasteiger partial charge in [0, 0.05) is 13.1 Å². The van der Waals surface area contributed by atoms with Crippen LogP contribution in [-0.4, -0.2) is 54.0 Å². The van der Waals surface area contributed by atoms with Crippen molar-refractivity contribution in [3.8, 4) is 0 Å². The van der Waals surface area contributed by atoms with E-state index in [1.807, 2.05) is 24.3 Å². The first-order valence-electron chi connectivity index (χ1n) is 9.73. The number of hydrogen-bond donors (Lipinski definition) is 5. The molecule has 1 aliphatic rings. The van der Waals surface area contributed by atoms with Crippen molar-refractivity contribution in [3.63, 3.8) is 0 Å². The summed E-state index contributed by atoms with van der Waals surface area (Å²) in [6.07, 6.45) is -0.915. The van der Waals surface area contributed by atoms with E-state index < -0.39 is 30.0 Å². The second-order valence-electron chi connectivity index (χ2n) is 7.39. The van der Waals surface area contributed by atoms with Crippen LogP contribution in [0.5, 0.6) is 0 Å². The van der Waals surface area contributed by atoms with E-state index in [2.05, 4.69) is 22.5 Å².